The number of rotatable bonds is 10. The molecule has 0 fully saturated rings. The fourth-order valence-corrected chi connectivity index (χ4v) is 4.62. The van der Waals surface area contributed by atoms with Gasteiger partial charge in [-0.25, -0.2) is 4.79 Å². The van der Waals surface area contributed by atoms with Gasteiger partial charge in [0.25, 0.3) is 0 Å². The number of amides is 2. The van der Waals surface area contributed by atoms with Crippen molar-refractivity contribution >= 4 is 18.0 Å². The van der Waals surface area contributed by atoms with Gasteiger partial charge in [-0.1, -0.05) is 68.3 Å². The van der Waals surface area contributed by atoms with Crippen molar-refractivity contribution in [1.82, 2.24) is 10.2 Å². The van der Waals surface area contributed by atoms with Gasteiger partial charge >= 0.3 is 12.1 Å². The van der Waals surface area contributed by atoms with Crippen molar-refractivity contribution in [2.24, 2.45) is 0 Å². The number of carboxylic acids is 1. The Balaban J connectivity index is 1.71. The highest BCUT2D eigenvalue weighted by molar-refractivity contribution is 5.86. The van der Waals surface area contributed by atoms with E-state index >= 15 is 0 Å². The maximum absolute atomic E-state index is 13.4. The Labute approximate surface area is 207 Å². The molecule has 0 saturated heterocycles. The number of unbranched alkanes of at least 4 members (excludes halogenated alkanes) is 1. The third-order valence-corrected chi connectivity index (χ3v) is 6.41. The van der Waals surface area contributed by atoms with Gasteiger partial charge in [-0.15, -0.1) is 0 Å². The predicted octanol–water partition coefficient (Wildman–Crippen LogP) is 5.19. The average molecular weight is 481 g/mol. The van der Waals surface area contributed by atoms with Crippen molar-refractivity contribution in [3.05, 3.63) is 59.7 Å². The van der Waals surface area contributed by atoms with Crippen molar-refractivity contribution in [2.45, 2.75) is 70.9 Å². The number of nitrogens with zero attached hydrogens (tertiary/aromatic N) is 1. The number of carbonyl (C=O) groups is 3. The van der Waals surface area contributed by atoms with Gasteiger partial charge in [0, 0.05) is 18.0 Å². The Bertz CT molecular complexity index is 1010. The number of hydrogen-bond donors (Lipinski definition) is 2. The van der Waals surface area contributed by atoms with E-state index in [4.69, 9.17) is 9.84 Å². The number of fused-ring (bicyclic) bond motifs is 3. The summed E-state index contributed by atoms with van der Waals surface area (Å²) in [5.74, 6) is -1.33. The zero-order valence-corrected chi connectivity index (χ0v) is 21.0. The molecule has 1 aliphatic carbocycles. The Morgan fingerprint density at radius 1 is 1.03 bits per heavy atom. The maximum Gasteiger partial charge on any atom is 0.407 e. The summed E-state index contributed by atoms with van der Waals surface area (Å²) in [6.45, 7) is 7.83. The predicted molar refractivity (Wildman–Crippen MR) is 135 cm³/mol. The van der Waals surface area contributed by atoms with Crippen molar-refractivity contribution in [3.63, 3.8) is 0 Å². The monoisotopic (exact) mass is 480 g/mol. The summed E-state index contributed by atoms with van der Waals surface area (Å²) in [6.07, 6.45) is 1.26. The Hall–Kier alpha value is -3.35. The van der Waals surface area contributed by atoms with Crippen LogP contribution in [-0.2, 0) is 14.3 Å². The van der Waals surface area contributed by atoms with E-state index < -0.39 is 23.6 Å². The van der Waals surface area contributed by atoms with Crippen LogP contribution in [0.3, 0.4) is 0 Å². The number of ether oxygens (including phenoxy) is 1. The van der Waals surface area contributed by atoms with E-state index in [2.05, 4.69) is 29.6 Å². The number of carboxylic acid groups (broad SMARTS) is 1. The molecule has 1 unspecified atom stereocenters. The van der Waals surface area contributed by atoms with Crippen LogP contribution in [0, 0.1) is 0 Å². The highest BCUT2D eigenvalue weighted by Crippen LogP contribution is 2.44. The van der Waals surface area contributed by atoms with E-state index in [-0.39, 0.29) is 31.4 Å². The van der Waals surface area contributed by atoms with Gasteiger partial charge in [-0.2, -0.15) is 0 Å². The first-order valence-corrected chi connectivity index (χ1v) is 12.3. The molecule has 0 aliphatic heterocycles. The van der Waals surface area contributed by atoms with Crippen LogP contribution >= 0.6 is 0 Å². The molecule has 1 aliphatic rings. The van der Waals surface area contributed by atoms with Crippen LogP contribution < -0.4 is 5.32 Å². The summed E-state index contributed by atoms with van der Waals surface area (Å²) < 4.78 is 5.65. The molecular formula is C28H36N2O5. The highest BCUT2D eigenvalue weighted by atomic mass is 16.5. The molecule has 1 atom stereocenters. The van der Waals surface area contributed by atoms with Crippen molar-refractivity contribution in [1.29, 1.82) is 0 Å². The molecule has 0 saturated carbocycles. The van der Waals surface area contributed by atoms with Gasteiger partial charge in [0.1, 0.15) is 12.6 Å². The quantitative estimate of drug-likeness (QED) is 0.488. The normalized spacial score (nSPS) is 13.5. The molecule has 0 heterocycles. The highest BCUT2D eigenvalue weighted by Gasteiger charge is 2.34. The lowest BCUT2D eigenvalue weighted by molar-refractivity contribution is -0.141. The van der Waals surface area contributed by atoms with E-state index in [0.29, 0.717) is 6.42 Å². The van der Waals surface area contributed by atoms with E-state index in [0.717, 1.165) is 35.1 Å². The summed E-state index contributed by atoms with van der Waals surface area (Å²) in [7, 11) is 0. The minimum absolute atomic E-state index is 0.0698. The summed E-state index contributed by atoms with van der Waals surface area (Å²) in [6, 6.07) is 15.4. The second-order valence-corrected chi connectivity index (χ2v) is 9.97. The van der Waals surface area contributed by atoms with Crippen LogP contribution in [0.4, 0.5) is 4.79 Å². The lowest BCUT2D eigenvalue weighted by atomic mass is 9.98. The van der Waals surface area contributed by atoms with Gasteiger partial charge in [-0.3, -0.25) is 9.59 Å². The summed E-state index contributed by atoms with van der Waals surface area (Å²) in [5.41, 5.74) is 3.94. The summed E-state index contributed by atoms with van der Waals surface area (Å²) in [4.78, 5) is 38.9. The SMILES string of the molecule is CCCCC(NC(=O)OCC1c2ccccc2-c2ccccc21)C(=O)N(CCC(=O)O)C(C)(C)C. The number of carbonyl (C=O) groups excluding carboxylic acids is 2. The molecule has 35 heavy (non-hydrogen) atoms. The number of benzene rings is 2. The first-order valence-electron chi connectivity index (χ1n) is 12.3. The molecule has 2 aromatic rings. The minimum atomic E-state index is -0.971. The zero-order chi connectivity index (χ0) is 25.6. The fraction of sp³-hybridized carbons (Fsp3) is 0.464. The molecule has 7 nitrogen and oxygen atoms in total. The number of nitrogens with one attached hydrogen (secondary N) is 1. The van der Waals surface area contributed by atoms with Crippen molar-refractivity contribution in [2.75, 3.05) is 13.2 Å². The molecule has 188 valence electrons. The number of hydrogen-bond acceptors (Lipinski definition) is 4. The van der Waals surface area contributed by atoms with Crippen molar-refractivity contribution < 1.29 is 24.2 Å². The first kappa shape index (κ1) is 26.3. The van der Waals surface area contributed by atoms with E-state index in [9.17, 15) is 14.4 Å². The van der Waals surface area contributed by atoms with Crippen LogP contribution in [0.5, 0.6) is 0 Å². The molecule has 2 aromatic carbocycles. The zero-order valence-electron chi connectivity index (χ0n) is 21.0. The average Bonchev–Trinajstić information content (AvgIpc) is 3.13. The number of aliphatic carboxylic acids is 1. The van der Waals surface area contributed by atoms with Gasteiger partial charge in [0.15, 0.2) is 0 Å². The second kappa shape index (κ2) is 11.4. The lowest BCUT2D eigenvalue weighted by Gasteiger charge is -2.38. The van der Waals surface area contributed by atoms with Crippen LogP contribution in [-0.4, -0.2) is 52.7 Å². The van der Waals surface area contributed by atoms with Crippen LogP contribution in [0.15, 0.2) is 48.5 Å². The molecule has 0 radical (unpaired) electrons. The Morgan fingerprint density at radius 3 is 2.11 bits per heavy atom. The molecule has 0 bridgehead atoms. The molecular weight excluding hydrogens is 444 g/mol. The largest absolute Gasteiger partial charge is 0.481 e. The number of alkyl carbamates (subject to hydrolysis) is 1. The van der Waals surface area contributed by atoms with Crippen LogP contribution in [0.2, 0.25) is 0 Å². The lowest BCUT2D eigenvalue weighted by Crippen LogP contribution is -2.55. The molecule has 2 amide bonds. The Kier molecular flexibility index (Phi) is 8.54. The topological polar surface area (TPSA) is 95.9 Å². The summed E-state index contributed by atoms with van der Waals surface area (Å²) in [5, 5.41) is 11.9. The standard InChI is InChI=1S/C28H36N2O5/c1-5-6-15-24(26(33)30(28(2,3)4)17-16-25(31)32)29-27(34)35-18-23-21-13-9-7-11-19(21)20-12-8-10-14-22(20)23/h7-14,23-24H,5-6,15-18H2,1-4H3,(H,29,34)(H,31,32). The molecule has 7 heteroatoms. The molecule has 2 N–H and O–H groups in total. The molecule has 0 spiro atoms. The Morgan fingerprint density at radius 2 is 1.60 bits per heavy atom. The smallest absolute Gasteiger partial charge is 0.407 e. The van der Waals surface area contributed by atoms with Gasteiger partial charge in [0.2, 0.25) is 5.91 Å². The van der Waals surface area contributed by atoms with Gasteiger partial charge in [0.05, 0.1) is 6.42 Å². The van der Waals surface area contributed by atoms with E-state index in [1.165, 1.54) is 4.90 Å². The van der Waals surface area contributed by atoms with E-state index in [1.807, 2.05) is 52.0 Å². The van der Waals surface area contributed by atoms with Crippen molar-refractivity contribution in [3.8, 4) is 11.1 Å². The third-order valence-electron chi connectivity index (χ3n) is 6.41. The van der Waals surface area contributed by atoms with Gasteiger partial charge < -0.3 is 20.1 Å². The second-order valence-electron chi connectivity index (χ2n) is 9.97. The molecule has 0 aromatic heterocycles. The van der Waals surface area contributed by atoms with Gasteiger partial charge in [-0.05, 0) is 49.4 Å². The minimum Gasteiger partial charge on any atom is -0.481 e. The maximum atomic E-state index is 13.4. The first-order chi connectivity index (χ1) is 16.6. The summed E-state index contributed by atoms with van der Waals surface area (Å²) >= 11 is 0. The third kappa shape index (κ3) is 6.41. The van der Waals surface area contributed by atoms with E-state index in [1.54, 1.807) is 0 Å². The fourth-order valence-electron chi connectivity index (χ4n) is 4.62. The van der Waals surface area contributed by atoms with Crippen LogP contribution in [0.25, 0.3) is 11.1 Å². The molecule has 3 rings (SSSR count). The van der Waals surface area contributed by atoms with Crippen LogP contribution in [0.1, 0.15) is 70.4 Å².